The summed E-state index contributed by atoms with van der Waals surface area (Å²) in [6, 6.07) is 28.6. The van der Waals surface area contributed by atoms with Crippen LogP contribution >= 0.6 is 12.4 Å². The zero-order valence-electron chi connectivity index (χ0n) is 30.0. The Hall–Kier alpha value is -3.27. The number of para-hydroxylation sites is 2. The molecule has 0 bridgehead atoms. The number of likely N-dealkylation sites (N-methyl/N-ethyl adjacent to an activating group) is 1. The van der Waals surface area contributed by atoms with E-state index >= 15 is 0 Å². The lowest BCUT2D eigenvalue weighted by molar-refractivity contribution is 0.138. The highest BCUT2D eigenvalue weighted by atomic mass is 35.5. The summed E-state index contributed by atoms with van der Waals surface area (Å²) in [6.07, 6.45) is 26.1. The number of allylic oxidation sites excluding steroid dienone is 1. The number of halogens is 1. The summed E-state index contributed by atoms with van der Waals surface area (Å²) in [5.74, 6) is 1.78. The van der Waals surface area contributed by atoms with Gasteiger partial charge in [-0.2, -0.15) is 0 Å². The average Bonchev–Trinajstić information content (AvgIpc) is 3.71. The van der Waals surface area contributed by atoms with Crippen LogP contribution in [0, 0.1) is 11.8 Å². The van der Waals surface area contributed by atoms with Crippen molar-refractivity contribution in [3.05, 3.63) is 114 Å². The van der Waals surface area contributed by atoms with Crippen LogP contribution in [0.4, 0.5) is 0 Å². The third kappa shape index (κ3) is 8.38. The standard InChI is InChI=1S/C30H38N2.C15H19N.ClH/c1-32(2)30(22-24-13-7-4-8-14-24)19-17-25(18-20-30)29-27(21-23-11-5-3-6-12-23)26-15-9-10-16-28(26)31-29;1-2-6-12(7-3-1)10-13-11-16-15-9-5-4-8-14(13)15;/h4,7-10,13-17,23,31H,3,5-6,11-12,18-22H2,1-2H3;4-5,8-9,11-12,16H,1-3,6-7,10H2;1H. The van der Waals surface area contributed by atoms with Crippen LogP contribution in [0.2, 0.25) is 0 Å². The molecule has 0 saturated heterocycles. The van der Waals surface area contributed by atoms with Crippen molar-refractivity contribution in [1.29, 1.82) is 0 Å². The summed E-state index contributed by atoms with van der Waals surface area (Å²) in [4.78, 5) is 9.70. The minimum absolute atomic E-state index is 0. The van der Waals surface area contributed by atoms with Crippen LogP contribution in [0.1, 0.15) is 106 Å². The maximum absolute atomic E-state index is 3.85. The van der Waals surface area contributed by atoms with Crippen molar-refractivity contribution in [2.24, 2.45) is 11.8 Å². The normalized spacial score (nSPS) is 20.5. The number of benzene rings is 3. The average molecular weight is 676 g/mol. The van der Waals surface area contributed by atoms with Crippen LogP contribution in [-0.2, 0) is 19.3 Å². The van der Waals surface area contributed by atoms with Gasteiger partial charge in [-0.1, -0.05) is 137 Å². The Morgan fingerprint density at radius 1 is 0.694 bits per heavy atom. The molecule has 49 heavy (non-hydrogen) atoms. The molecule has 1 unspecified atom stereocenters. The van der Waals surface area contributed by atoms with Crippen LogP contribution in [-0.4, -0.2) is 34.5 Å². The molecule has 0 spiro atoms. The van der Waals surface area contributed by atoms with Crippen LogP contribution < -0.4 is 0 Å². The molecule has 0 aliphatic heterocycles. The van der Waals surface area contributed by atoms with E-state index in [0.717, 1.165) is 31.1 Å². The number of nitrogens with zero attached hydrogens (tertiary/aromatic N) is 1. The predicted molar refractivity (Wildman–Crippen MR) is 213 cm³/mol. The van der Waals surface area contributed by atoms with Crippen molar-refractivity contribution in [3.8, 4) is 0 Å². The Kier molecular flexibility index (Phi) is 12.1. The van der Waals surface area contributed by atoms with Crippen LogP contribution in [0.25, 0.3) is 27.4 Å². The van der Waals surface area contributed by atoms with Gasteiger partial charge in [0.05, 0.1) is 0 Å². The second-order valence-corrected chi connectivity index (χ2v) is 15.5. The Balaban J connectivity index is 0.000000205. The maximum Gasteiger partial charge on any atom is 0.0461 e. The molecule has 260 valence electrons. The molecule has 3 aromatic carbocycles. The van der Waals surface area contributed by atoms with Gasteiger partial charge in [-0.25, -0.2) is 0 Å². The minimum atomic E-state index is 0. The molecule has 3 aliphatic carbocycles. The first-order valence-corrected chi connectivity index (χ1v) is 19.1. The van der Waals surface area contributed by atoms with Gasteiger partial charge < -0.3 is 14.9 Å². The summed E-state index contributed by atoms with van der Waals surface area (Å²) in [7, 11) is 4.53. The van der Waals surface area contributed by atoms with Crippen LogP contribution in [0.15, 0.2) is 91.1 Å². The highest BCUT2D eigenvalue weighted by Gasteiger charge is 2.35. The van der Waals surface area contributed by atoms with E-state index in [1.54, 1.807) is 5.56 Å². The van der Waals surface area contributed by atoms with E-state index in [1.165, 1.54) is 128 Å². The van der Waals surface area contributed by atoms with E-state index in [1.807, 2.05) is 0 Å². The smallest absolute Gasteiger partial charge is 0.0461 e. The van der Waals surface area contributed by atoms with Gasteiger partial charge in [0.15, 0.2) is 0 Å². The second kappa shape index (κ2) is 16.6. The quantitative estimate of drug-likeness (QED) is 0.169. The number of rotatable bonds is 8. The van der Waals surface area contributed by atoms with Crippen molar-refractivity contribution < 1.29 is 0 Å². The molecule has 3 aliphatic rings. The first-order chi connectivity index (χ1) is 23.6. The molecule has 4 heteroatoms. The van der Waals surface area contributed by atoms with E-state index in [0.29, 0.717) is 0 Å². The fraction of sp³-hybridized carbons (Fsp3) is 0.467. The molecule has 1 atom stereocenters. The van der Waals surface area contributed by atoms with Gasteiger partial charge in [-0.15, -0.1) is 12.4 Å². The van der Waals surface area contributed by atoms with E-state index in [2.05, 4.69) is 120 Å². The monoisotopic (exact) mass is 675 g/mol. The number of H-pyrrole nitrogens is 2. The van der Waals surface area contributed by atoms with Crippen LogP contribution in [0.3, 0.4) is 0 Å². The molecule has 0 amide bonds. The number of aromatic nitrogens is 2. The second-order valence-electron chi connectivity index (χ2n) is 15.5. The maximum atomic E-state index is 3.85. The fourth-order valence-electron chi connectivity index (χ4n) is 9.18. The molecular formula is C45H58ClN3. The van der Waals surface area contributed by atoms with Gasteiger partial charge in [0, 0.05) is 39.2 Å². The zero-order valence-corrected chi connectivity index (χ0v) is 30.8. The van der Waals surface area contributed by atoms with Crippen molar-refractivity contribution >= 4 is 39.8 Å². The Labute approximate surface area is 301 Å². The lowest BCUT2D eigenvalue weighted by Gasteiger charge is -2.42. The molecule has 2 N–H and O–H groups in total. The zero-order chi connectivity index (χ0) is 32.8. The number of nitrogens with one attached hydrogen (secondary N) is 2. The van der Waals surface area contributed by atoms with Gasteiger partial charge in [-0.3, -0.25) is 0 Å². The molecular weight excluding hydrogens is 618 g/mol. The largest absolute Gasteiger partial charge is 0.361 e. The van der Waals surface area contributed by atoms with Crippen molar-refractivity contribution in [2.75, 3.05) is 14.1 Å². The molecule has 3 nitrogen and oxygen atoms in total. The summed E-state index contributed by atoms with van der Waals surface area (Å²) >= 11 is 0. The highest BCUT2D eigenvalue weighted by molar-refractivity contribution is 5.89. The van der Waals surface area contributed by atoms with Crippen LogP contribution in [0.5, 0.6) is 0 Å². The van der Waals surface area contributed by atoms with E-state index < -0.39 is 0 Å². The minimum Gasteiger partial charge on any atom is -0.361 e. The van der Waals surface area contributed by atoms with Gasteiger partial charge in [0.1, 0.15) is 0 Å². The van der Waals surface area contributed by atoms with E-state index in [9.17, 15) is 0 Å². The number of hydrogen-bond donors (Lipinski definition) is 2. The Morgan fingerprint density at radius 3 is 1.96 bits per heavy atom. The first-order valence-electron chi connectivity index (χ1n) is 19.1. The third-order valence-electron chi connectivity index (χ3n) is 12.2. The number of aromatic amines is 2. The lowest BCUT2D eigenvalue weighted by atomic mass is 9.76. The van der Waals surface area contributed by atoms with Crippen molar-refractivity contribution in [1.82, 2.24) is 14.9 Å². The van der Waals surface area contributed by atoms with Crippen molar-refractivity contribution in [2.45, 2.75) is 108 Å². The SMILES string of the molecule is CN(C)C1(Cc2ccccc2)CC=C(c2[nH]c3ccccc3c2CC2CCCCC2)CC1.Cl.c1ccc2c(CC3CCCCC3)c[nH]c2c1. The topological polar surface area (TPSA) is 34.8 Å². The number of hydrogen-bond acceptors (Lipinski definition) is 1. The molecule has 8 rings (SSSR count). The summed E-state index contributed by atoms with van der Waals surface area (Å²) in [6.45, 7) is 0. The Bertz CT molecular complexity index is 1780. The summed E-state index contributed by atoms with van der Waals surface area (Å²) < 4.78 is 0. The molecule has 2 heterocycles. The fourth-order valence-corrected chi connectivity index (χ4v) is 9.18. The van der Waals surface area contributed by atoms with Crippen molar-refractivity contribution in [3.63, 3.8) is 0 Å². The van der Waals surface area contributed by atoms with E-state index in [4.69, 9.17) is 0 Å². The van der Waals surface area contributed by atoms with Gasteiger partial charge in [-0.05, 0) is 98.9 Å². The Morgan fingerprint density at radius 2 is 1.31 bits per heavy atom. The molecule has 5 aromatic rings. The van der Waals surface area contributed by atoms with E-state index in [-0.39, 0.29) is 17.9 Å². The summed E-state index contributed by atoms with van der Waals surface area (Å²) in [5, 5.41) is 2.87. The predicted octanol–water partition coefficient (Wildman–Crippen LogP) is 12.1. The van der Waals surface area contributed by atoms with Gasteiger partial charge in [0.25, 0.3) is 0 Å². The molecule has 2 saturated carbocycles. The lowest BCUT2D eigenvalue weighted by Crippen LogP contribution is -2.47. The summed E-state index contributed by atoms with van der Waals surface area (Å²) in [5.41, 5.74) is 10.3. The first kappa shape index (κ1) is 35.6. The molecule has 2 fully saturated rings. The number of fused-ring (bicyclic) bond motifs is 2. The van der Waals surface area contributed by atoms with Gasteiger partial charge >= 0.3 is 0 Å². The highest BCUT2D eigenvalue weighted by Crippen LogP contribution is 2.41. The molecule has 0 radical (unpaired) electrons. The molecule has 2 aromatic heterocycles. The third-order valence-corrected chi connectivity index (χ3v) is 12.2. The van der Waals surface area contributed by atoms with Gasteiger partial charge in [0.2, 0.25) is 0 Å².